The highest BCUT2D eigenvalue weighted by Gasteiger charge is 2.22. The average molecular weight is 245 g/mol. The van der Waals surface area contributed by atoms with Gasteiger partial charge in [0.15, 0.2) is 0 Å². The number of amidine groups is 1. The van der Waals surface area contributed by atoms with E-state index in [9.17, 15) is 0 Å². The number of rotatable bonds is 9. The average Bonchev–Trinajstić information content (AvgIpc) is 2.36. The summed E-state index contributed by atoms with van der Waals surface area (Å²) in [6.45, 7) is 8.07. The number of ether oxygens (including phenoxy) is 1. The van der Waals surface area contributed by atoms with E-state index in [4.69, 9.17) is 15.7 Å². The normalized spacial score (nSPS) is 16.2. The van der Waals surface area contributed by atoms with Crippen molar-refractivity contribution in [3.8, 4) is 0 Å². The Hall–Kier alpha value is -0.810. The molecule has 2 atom stereocenters. The van der Waals surface area contributed by atoms with Crippen LogP contribution in [-0.2, 0) is 4.74 Å². The number of oxime groups is 1. The van der Waals surface area contributed by atoms with Crippen LogP contribution in [0.25, 0.3) is 0 Å². The topological polar surface area (TPSA) is 71.1 Å². The van der Waals surface area contributed by atoms with Crippen LogP contribution in [0, 0.1) is 0 Å². The molecule has 0 saturated heterocycles. The summed E-state index contributed by atoms with van der Waals surface area (Å²) in [6, 6.07) is 0.776. The zero-order chi connectivity index (χ0) is 13.3. The SMILES string of the molecule is CCC(C)N(CCOC)C(CC)CC(N)=NO. The Kier molecular flexibility index (Phi) is 8.80. The molecule has 0 fully saturated rings. The quantitative estimate of drug-likeness (QED) is 0.280. The van der Waals surface area contributed by atoms with E-state index in [-0.39, 0.29) is 0 Å². The van der Waals surface area contributed by atoms with Crippen LogP contribution in [0.5, 0.6) is 0 Å². The lowest BCUT2D eigenvalue weighted by Gasteiger charge is -2.35. The first-order chi connectivity index (χ1) is 8.10. The van der Waals surface area contributed by atoms with Gasteiger partial charge < -0.3 is 15.7 Å². The molecule has 0 aromatic heterocycles. The van der Waals surface area contributed by atoms with Crippen LogP contribution < -0.4 is 5.73 Å². The van der Waals surface area contributed by atoms with E-state index in [1.807, 2.05) is 0 Å². The summed E-state index contributed by atoms with van der Waals surface area (Å²) in [4.78, 5) is 2.38. The summed E-state index contributed by atoms with van der Waals surface area (Å²) in [5.41, 5.74) is 5.60. The van der Waals surface area contributed by atoms with Gasteiger partial charge in [-0.25, -0.2) is 0 Å². The highest BCUT2D eigenvalue weighted by Crippen LogP contribution is 2.14. The van der Waals surface area contributed by atoms with Crippen molar-refractivity contribution >= 4 is 5.84 Å². The maximum atomic E-state index is 8.65. The van der Waals surface area contributed by atoms with Crippen LogP contribution >= 0.6 is 0 Å². The molecule has 0 aromatic rings. The molecule has 0 spiro atoms. The molecule has 0 aromatic carbocycles. The van der Waals surface area contributed by atoms with E-state index in [1.165, 1.54) is 0 Å². The van der Waals surface area contributed by atoms with Crippen molar-refractivity contribution in [2.24, 2.45) is 10.9 Å². The molecular weight excluding hydrogens is 218 g/mol. The first-order valence-corrected chi connectivity index (χ1v) is 6.31. The molecule has 17 heavy (non-hydrogen) atoms. The minimum absolute atomic E-state index is 0.294. The Balaban J connectivity index is 4.59. The molecule has 0 bridgehead atoms. The van der Waals surface area contributed by atoms with Crippen LogP contribution in [0.3, 0.4) is 0 Å². The Bertz CT molecular complexity index is 222. The zero-order valence-corrected chi connectivity index (χ0v) is 11.5. The van der Waals surface area contributed by atoms with Gasteiger partial charge in [0.2, 0.25) is 0 Å². The Morgan fingerprint density at radius 1 is 1.41 bits per heavy atom. The van der Waals surface area contributed by atoms with Gasteiger partial charge in [0.25, 0.3) is 0 Å². The van der Waals surface area contributed by atoms with E-state index in [1.54, 1.807) is 7.11 Å². The summed E-state index contributed by atoms with van der Waals surface area (Å²) in [5, 5.41) is 11.7. The fourth-order valence-electron chi connectivity index (χ4n) is 1.97. The molecule has 102 valence electrons. The number of nitrogens with two attached hydrogens (primary N) is 1. The highest BCUT2D eigenvalue weighted by atomic mass is 16.5. The fraction of sp³-hybridized carbons (Fsp3) is 0.917. The Morgan fingerprint density at radius 3 is 2.47 bits per heavy atom. The van der Waals surface area contributed by atoms with Crippen molar-refractivity contribution in [2.75, 3.05) is 20.3 Å². The maximum Gasteiger partial charge on any atom is 0.140 e. The van der Waals surface area contributed by atoms with Gasteiger partial charge in [-0.15, -0.1) is 0 Å². The van der Waals surface area contributed by atoms with E-state index in [0.717, 1.165) is 19.4 Å². The van der Waals surface area contributed by atoms with Crippen molar-refractivity contribution in [2.45, 2.75) is 52.1 Å². The Morgan fingerprint density at radius 2 is 2.06 bits per heavy atom. The van der Waals surface area contributed by atoms with Crippen LogP contribution in [0.2, 0.25) is 0 Å². The van der Waals surface area contributed by atoms with Crippen LogP contribution in [0.4, 0.5) is 0 Å². The number of nitrogens with zero attached hydrogens (tertiary/aromatic N) is 2. The van der Waals surface area contributed by atoms with Gasteiger partial charge in [0, 0.05) is 32.2 Å². The van der Waals surface area contributed by atoms with E-state index >= 15 is 0 Å². The molecule has 0 rings (SSSR count). The monoisotopic (exact) mass is 245 g/mol. The number of hydrogen-bond donors (Lipinski definition) is 2. The van der Waals surface area contributed by atoms with E-state index < -0.39 is 0 Å². The minimum Gasteiger partial charge on any atom is -0.409 e. The van der Waals surface area contributed by atoms with Gasteiger partial charge in [0.1, 0.15) is 5.84 Å². The molecule has 0 heterocycles. The molecule has 0 amide bonds. The lowest BCUT2D eigenvalue weighted by Crippen LogP contribution is -2.45. The second kappa shape index (κ2) is 9.24. The number of methoxy groups -OCH3 is 1. The molecule has 5 nitrogen and oxygen atoms in total. The van der Waals surface area contributed by atoms with Crippen molar-refractivity contribution < 1.29 is 9.94 Å². The standard InChI is InChI=1S/C12H27N3O2/c1-5-10(3)15(7-8-17-4)11(6-2)9-12(13)14-16/h10-11,16H,5-9H2,1-4H3,(H2,13,14). The van der Waals surface area contributed by atoms with Crippen LogP contribution in [0.15, 0.2) is 5.16 Å². The van der Waals surface area contributed by atoms with Gasteiger partial charge in [-0.05, 0) is 19.8 Å². The molecule has 0 saturated carbocycles. The molecular formula is C12H27N3O2. The van der Waals surface area contributed by atoms with Crippen LogP contribution in [0.1, 0.15) is 40.0 Å². The van der Waals surface area contributed by atoms with Gasteiger partial charge >= 0.3 is 0 Å². The summed E-state index contributed by atoms with van der Waals surface area (Å²) in [6.07, 6.45) is 2.65. The molecule has 2 unspecified atom stereocenters. The second-order valence-electron chi connectivity index (χ2n) is 4.35. The lowest BCUT2D eigenvalue weighted by atomic mass is 10.1. The molecule has 0 aliphatic heterocycles. The highest BCUT2D eigenvalue weighted by molar-refractivity contribution is 5.80. The van der Waals surface area contributed by atoms with E-state index in [2.05, 4.69) is 30.8 Å². The molecule has 3 N–H and O–H groups in total. The van der Waals surface area contributed by atoms with Crippen molar-refractivity contribution in [3.05, 3.63) is 0 Å². The number of hydrogen-bond acceptors (Lipinski definition) is 4. The van der Waals surface area contributed by atoms with Gasteiger partial charge in [0.05, 0.1) is 6.61 Å². The third kappa shape index (κ3) is 5.89. The summed E-state index contributed by atoms with van der Waals surface area (Å²) in [7, 11) is 1.71. The van der Waals surface area contributed by atoms with Gasteiger partial charge in [-0.2, -0.15) is 0 Å². The van der Waals surface area contributed by atoms with Crippen molar-refractivity contribution in [1.82, 2.24) is 4.90 Å². The summed E-state index contributed by atoms with van der Waals surface area (Å²) < 4.78 is 5.14. The summed E-state index contributed by atoms with van der Waals surface area (Å²) >= 11 is 0. The lowest BCUT2D eigenvalue weighted by molar-refractivity contribution is 0.0878. The largest absolute Gasteiger partial charge is 0.409 e. The molecule has 0 radical (unpaired) electrons. The molecule has 0 aliphatic rings. The third-order valence-electron chi connectivity index (χ3n) is 3.22. The first kappa shape index (κ1) is 16.2. The summed E-state index contributed by atoms with van der Waals surface area (Å²) in [5.74, 6) is 0.294. The van der Waals surface area contributed by atoms with Gasteiger partial charge in [-0.1, -0.05) is 19.0 Å². The maximum absolute atomic E-state index is 8.65. The molecule has 5 heteroatoms. The smallest absolute Gasteiger partial charge is 0.140 e. The molecule has 0 aliphatic carbocycles. The fourth-order valence-corrected chi connectivity index (χ4v) is 1.97. The predicted octanol–water partition coefficient (Wildman–Crippen LogP) is 1.65. The second-order valence-corrected chi connectivity index (χ2v) is 4.35. The first-order valence-electron chi connectivity index (χ1n) is 6.31. The van der Waals surface area contributed by atoms with Crippen molar-refractivity contribution in [1.29, 1.82) is 0 Å². The van der Waals surface area contributed by atoms with E-state index in [0.29, 0.717) is 30.9 Å². The van der Waals surface area contributed by atoms with Crippen molar-refractivity contribution in [3.63, 3.8) is 0 Å². The Labute approximate surface area is 105 Å². The third-order valence-corrected chi connectivity index (χ3v) is 3.22. The van der Waals surface area contributed by atoms with Crippen LogP contribution in [-0.4, -0.2) is 48.3 Å². The minimum atomic E-state index is 0.294. The van der Waals surface area contributed by atoms with Gasteiger partial charge in [-0.3, -0.25) is 4.90 Å². The zero-order valence-electron chi connectivity index (χ0n) is 11.5. The predicted molar refractivity (Wildman–Crippen MR) is 70.4 cm³/mol.